The molecule has 5 heteroatoms. The summed E-state index contributed by atoms with van der Waals surface area (Å²) >= 11 is 0. The lowest BCUT2D eigenvalue weighted by atomic mass is 9.33. The zero-order valence-electron chi connectivity index (χ0n) is 24.1. The second-order valence-electron chi connectivity index (χ2n) is 15.3. The van der Waals surface area contributed by atoms with Crippen LogP contribution in [0.5, 0.6) is 0 Å². The van der Waals surface area contributed by atoms with Gasteiger partial charge in [0, 0.05) is 11.3 Å². The van der Waals surface area contributed by atoms with Crippen LogP contribution in [0.1, 0.15) is 99.8 Å². The number of Topliss-reactive ketones (excluding diaryl/α,β-unsaturated/α-hetero) is 1. The minimum atomic E-state index is -0.641. The normalized spacial score (nSPS) is 47.8. The average Bonchev–Trinajstić information content (AvgIpc) is 2.82. The van der Waals surface area contributed by atoms with E-state index in [2.05, 4.69) is 40.7 Å². The minimum absolute atomic E-state index is 0.0358. The number of ether oxygens (including phenoxy) is 1. The minimum Gasteiger partial charge on any atom is -0.469 e. The molecule has 3 unspecified atom stereocenters. The van der Waals surface area contributed by atoms with Crippen molar-refractivity contribution in [3.8, 4) is 6.07 Å². The molecule has 4 saturated carbocycles. The van der Waals surface area contributed by atoms with Crippen molar-refractivity contribution in [2.75, 3.05) is 7.11 Å². The molecule has 0 aliphatic heterocycles. The summed E-state index contributed by atoms with van der Waals surface area (Å²) in [6, 6.07) is 2.31. The van der Waals surface area contributed by atoms with Gasteiger partial charge in [-0.05, 0) is 90.9 Å². The van der Waals surface area contributed by atoms with Gasteiger partial charge in [0.1, 0.15) is 5.92 Å². The van der Waals surface area contributed by atoms with E-state index in [0.717, 1.165) is 44.9 Å². The lowest BCUT2D eigenvalue weighted by Gasteiger charge is -2.69. The van der Waals surface area contributed by atoms with Crippen molar-refractivity contribution in [3.05, 3.63) is 11.6 Å². The zero-order valence-corrected chi connectivity index (χ0v) is 24.1. The van der Waals surface area contributed by atoms with Gasteiger partial charge in [-0.15, -0.1) is 0 Å². The summed E-state index contributed by atoms with van der Waals surface area (Å²) in [5.41, 5.74) is -0.835. The number of carbonyl (C=O) groups is 3. The van der Waals surface area contributed by atoms with E-state index in [1.165, 1.54) is 12.7 Å². The third-order valence-corrected chi connectivity index (χ3v) is 12.9. The SMILES string of the molecule is COC(=O)[C@]12CCC(C)(C)CC1C1C(=O)C=C3[C@@]4(C)CC(C#N)C(=O)C(C)(C)[C@@H]4CC[C@@]3(C)[C@]1(C)CC2. The Hall–Kier alpha value is -1.96. The van der Waals surface area contributed by atoms with Crippen molar-refractivity contribution >= 4 is 17.5 Å². The number of allylic oxidation sites excluding steroid dienone is 2. The van der Waals surface area contributed by atoms with E-state index in [4.69, 9.17) is 4.74 Å². The number of nitrogens with zero attached hydrogens (tertiary/aromatic N) is 1. The number of rotatable bonds is 1. The van der Waals surface area contributed by atoms with Crippen LogP contribution in [0.4, 0.5) is 0 Å². The predicted molar refractivity (Wildman–Crippen MR) is 141 cm³/mol. The van der Waals surface area contributed by atoms with Crippen LogP contribution in [0.15, 0.2) is 11.6 Å². The lowest BCUT2D eigenvalue weighted by Crippen LogP contribution is -2.66. The number of nitriles is 1. The van der Waals surface area contributed by atoms with Crippen LogP contribution in [0, 0.1) is 67.5 Å². The molecule has 202 valence electrons. The van der Waals surface area contributed by atoms with Crippen molar-refractivity contribution < 1.29 is 19.1 Å². The van der Waals surface area contributed by atoms with Gasteiger partial charge in [-0.2, -0.15) is 5.26 Å². The van der Waals surface area contributed by atoms with E-state index >= 15 is 0 Å². The van der Waals surface area contributed by atoms with Crippen molar-refractivity contribution in [2.24, 2.45) is 56.2 Å². The molecule has 4 fully saturated rings. The molecule has 5 rings (SSSR count). The Morgan fingerprint density at radius 3 is 2.24 bits per heavy atom. The van der Waals surface area contributed by atoms with Crippen LogP contribution in [0.3, 0.4) is 0 Å². The van der Waals surface area contributed by atoms with Crippen LogP contribution in [0.25, 0.3) is 0 Å². The van der Waals surface area contributed by atoms with Gasteiger partial charge in [-0.1, -0.05) is 54.0 Å². The van der Waals surface area contributed by atoms with E-state index < -0.39 is 16.7 Å². The predicted octanol–water partition coefficient (Wildman–Crippen LogP) is 6.46. The first-order valence-corrected chi connectivity index (χ1v) is 14.3. The Balaban J connectivity index is 1.67. The summed E-state index contributed by atoms with van der Waals surface area (Å²) < 4.78 is 5.41. The first-order valence-electron chi connectivity index (χ1n) is 14.3. The van der Waals surface area contributed by atoms with Crippen LogP contribution in [-0.4, -0.2) is 24.6 Å². The highest BCUT2D eigenvalue weighted by molar-refractivity contribution is 5.97. The third-order valence-electron chi connectivity index (χ3n) is 12.9. The number of esters is 1. The fraction of sp³-hybridized carbons (Fsp3) is 0.812. The highest BCUT2D eigenvalue weighted by Crippen LogP contribution is 2.75. The molecule has 0 heterocycles. The second-order valence-corrected chi connectivity index (χ2v) is 15.3. The fourth-order valence-electron chi connectivity index (χ4n) is 10.7. The third kappa shape index (κ3) is 3.17. The molecule has 0 aromatic heterocycles. The summed E-state index contributed by atoms with van der Waals surface area (Å²) in [5, 5.41) is 9.93. The molecule has 0 aromatic rings. The molecule has 0 radical (unpaired) electrons. The smallest absolute Gasteiger partial charge is 0.312 e. The first-order chi connectivity index (χ1) is 17.0. The summed E-state index contributed by atoms with van der Waals surface area (Å²) in [4.78, 5) is 41.0. The number of methoxy groups -OCH3 is 1. The molecule has 0 spiro atoms. The molecule has 0 amide bonds. The molecule has 0 saturated heterocycles. The Labute approximate surface area is 222 Å². The first kappa shape index (κ1) is 26.6. The summed E-state index contributed by atoms with van der Waals surface area (Å²) in [6.07, 6.45) is 8.44. The Morgan fingerprint density at radius 1 is 0.973 bits per heavy atom. The summed E-state index contributed by atoms with van der Waals surface area (Å²) in [6.45, 7) is 15.4. The number of hydrogen-bond donors (Lipinski definition) is 0. The second kappa shape index (κ2) is 7.80. The molecule has 5 aliphatic carbocycles. The number of fused-ring (bicyclic) bond motifs is 7. The van der Waals surface area contributed by atoms with Gasteiger partial charge in [0.2, 0.25) is 0 Å². The van der Waals surface area contributed by atoms with Crippen molar-refractivity contribution in [1.29, 1.82) is 5.26 Å². The topological polar surface area (TPSA) is 84.2 Å². The molecule has 0 N–H and O–H groups in total. The van der Waals surface area contributed by atoms with Crippen LogP contribution >= 0.6 is 0 Å². The number of carbonyl (C=O) groups excluding carboxylic acids is 3. The summed E-state index contributed by atoms with van der Waals surface area (Å²) in [5.74, 6) is -0.727. The van der Waals surface area contributed by atoms with Crippen molar-refractivity contribution in [3.63, 3.8) is 0 Å². The Bertz CT molecular complexity index is 1140. The lowest BCUT2D eigenvalue weighted by molar-refractivity contribution is -0.193. The molecule has 5 aliphatic rings. The van der Waals surface area contributed by atoms with Crippen molar-refractivity contribution in [2.45, 2.75) is 99.8 Å². The Kier molecular flexibility index (Phi) is 5.61. The standard InChI is InChI=1S/C32H45NO4/c1-27(2)11-13-32(26(36)37-8)14-12-31(7)24(20(32)17-27)21(34)15-23-29(5)16-19(18-33)25(35)28(3,4)22(29)9-10-30(23,31)6/h15,19-20,22,24H,9-14,16-17H2,1-8H3/t19?,20?,22-,24?,29-,30+,31+,32-/m0/s1. The molecule has 0 bridgehead atoms. The van der Waals surface area contributed by atoms with E-state index in [9.17, 15) is 19.6 Å². The van der Waals surface area contributed by atoms with Gasteiger partial charge >= 0.3 is 5.97 Å². The van der Waals surface area contributed by atoms with E-state index in [-0.39, 0.29) is 56.9 Å². The van der Waals surface area contributed by atoms with Gasteiger partial charge in [0.25, 0.3) is 0 Å². The quantitative estimate of drug-likeness (QED) is 0.380. The highest BCUT2D eigenvalue weighted by Gasteiger charge is 2.71. The largest absolute Gasteiger partial charge is 0.469 e. The Morgan fingerprint density at radius 2 is 1.62 bits per heavy atom. The zero-order chi connectivity index (χ0) is 27.4. The van der Waals surface area contributed by atoms with Gasteiger partial charge < -0.3 is 4.74 Å². The molecule has 37 heavy (non-hydrogen) atoms. The molecule has 5 nitrogen and oxygen atoms in total. The molecule has 8 atom stereocenters. The van der Waals surface area contributed by atoms with E-state index in [1.54, 1.807) is 0 Å². The number of hydrogen-bond acceptors (Lipinski definition) is 5. The van der Waals surface area contributed by atoms with Crippen LogP contribution in [0.2, 0.25) is 0 Å². The fourth-order valence-corrected chi connectivity index (χ4v) is 10.7. The average molecular weight is 508 g/mol. The maximum absolute atomic E-state index is 14.4. The van der Waals surface area contributed by atoms with Gasteiger partial charge in [-0.25, -0.2) is 0 Å². The molecular weight excluding hydrogens is 462 g/mol. The maximum atomic E-state index is 14.4. The van der Waals surface area contributed by atoms with Gasteiger partial charge in [0.05, 0.1) is 18.6 Å². The monoisotopic (exact) mass is 507 g/mol. The molecular formula is C32H45NO4. The number of ketones is 2. The summed E-state index contributed by atoms with van der Waals surface area (Å²) in [7, 11) is 1.49. The van der Waals surface area contributed by atoms with Gasteiger partial charge in [0.15, 0.2) is 11.6 Å². The molecule has 0 aromatic carbocycles. The highest BCUT2D eigenvalue weighted by atomic mass is 16.5. The maximum Gasteiger partial charge on any atom is 0.312 e. The van der Waals surface area contributed by atoms with Crippen LogP contribution < -0.4 is 0 Å². The van der Waals surface area contributed by atoms with E-state index in [1.807, 2.05) is 19.9 Å². The van der Waals surface area contributed by atoms with E-state index in [0.29, 0.717) is 6.42 Å². The van der Waals surface area contributed by atoms with Gasteiger partial charge in [-0.3, -0.25) is 14.4 Å². The van der Waals surface area contributed by atoms with Crippen LogP contribution in [-0.2, 0) is 19.1 Å². The van der Waals surface area contributed by atoms with Crippen molar-refractivity contribution in [1.82, 2.24) is 0 Å².